The Labute approximate surface area is 144 Å². The van der Waals surface area contributed by atoms with Gasteiger partial charge in [-0.05, 0) is 44.0 Å². The van der Waals surface area contributed by atoms with Gasteiger partial charge >= 0.3 is 29.6 Å². The van der Waals surface area contributed by atoms with Crippen LogP contribution >= 0.6 is 8.46 Å². The van der Waals surface area contributed by atoms with Gasteiger partial charge in [-0.15, -0.1) is 0 Å². The van der Waals surface area contributed by atoms with Crippen molar-refractivity contribution >= 4 is 19.5 Å². The number of rotatable bonds is 3. The molecule has 2 aromatic rings. The van der Waals surface area contributed by atoms with Gasteiger partial charge < -0.3 is 1.43 Å². The summed E-state index contributed by atoms with van der Waals surface area (Å²) < 4.78 is 11.1. The molecule has 98 valence electrons. The quantitative estimate of drug-likeness (QED) is 0.478. The molecule has 0 N–H and O–H groups in total. The van der Waals surface area contributed by atoms with Gasteiger partial charge in [0.05, 0.1) is 5.30 Å². The molecule has 0 radical (unpaired) electrons. The number of hydrogen-bond donors (Lipinski definition) is 0. The largest absolute Gasteiger partial charge is 1.00 e. The first kappa shape index (κ1) is 17.3. The van der Waals surface area contributed by atoms with Crippen molar-refractivity contribution in [2.75, 3.05) is 0 Å². The van der Waals surface area contributed by atoms with Crippen LogP contribution < -0.4 is 34.9 Å². The minimum absolute atomic E-state index is 0. The molecule has 0 aromatic heterocycles. The summed E-state index contributed by atoms with van der Waals surface area (Å²) in [5.74, 6) is -0.0612. The SMILES string of the molecule is Cc1cc(C)c(C(=O)c2ccccc2P=O)c(C)c1.[H-].[Na+]. The number of hydrogen-bond acceptors (Lipinski definition) is 2. The first-order chi connectivity index (χ1) is 9.04. The zero-order valence-electron chi connectivity index (χ0n) is 13.2. The Balaban J connectivity index is 0.00000200. The minimum atomic E-state index is -0.125. The van der Waals surface area contributed by atoms with Crippen LogP contribution in [0.4, 0.5) is 0 Å². The van der Waals surface area contributed by atoms with E-state index in [0.717, 1.165) is 16.7 Å². The van der Waals surface area contributed by atoms with E-state index in [9.17, 15) is 9.36 Å². The summed E-state index contributed by atoms with van der Waals surface area (Å²) in [6, 6.07) is 11.0. The normalized spacial score (nSPS) is 10.2. The number of aryl methyl sites for hydroxylation is 3. The Kier molecular flexibility index (Phi) is 6.29. The summed E-state index contributed by atoms with van der Waals surface area (Å²) in [6.07, 6.45) is 0. The number of carbonyl (C=O) groups is 1. The Bertz CT molecular complexity index is 648. The van der Waals surface area contributed by atoms with Crippen LogP contribution in [0.3, 0.4) is 0 Å². The van der Waals surface area contributed by atoms with Crippen LogP contribution in [0, 0.1) is 20.8 Å². The maximum absolute atomic E-state index is 12.6. The summed E-state index contributed by atoms with van der Waals surface area (Å²) in [6.45, 7) is 5.88. The molecule has 0 spiro atoms. The molecule has 0 aliphatic rings. The van der Waals surface area contributed by atoms with Gasteiger partial charge in [0, 0.05) is 11.1 Å². The Morgan fingerprint density at radius 1 is 1.05 bits per heavy atom. The smallest absolute Gasteiger partial charge is 1.00 e. The molecule has 0 atom stereocenters. The molecule has 2 aromatic carbocycles. The average molecular weight is 294 g/mol. The molecular formula is C16H16NaO2P. The zero-order chi connectivity index (χ0) is 14.0. The fraction of sp³-hybridized carbons (Fsp3) is 0.188. The second kappa shape index (κ2) is 7.28. The monoisotopic (exact) mass is 294 g/mol. The van der Waals surface area contributed by atoms with E-state index in [2.05, 4.69) is 0 Å². The molecule has 2 rings (SSSR count). The fourth-order valence-corrected chi connectivity index (χ4v) is 2.84. The van der Waals surface area contributed by atoms with Crippen LogP contribution in [-0.2, 0) is 4.57 Å². The Morgan fingerprint density at radius 2 is 1.60 bits per heavy atom. The predicted octanol–water partition coefficient (Wildman–Crippen LogP) is 0.876. The zero-order valence-corrected chi connectivity index (χ0v) is 15.1. The summed E-state index contributed by atoms with van der Waals surface area (Å²) in [7, 11) is -0.125. The number of ketones is 1. The van der Waals surface area contributed by atoms with Crippen LogP contribution in [0.15, 0.2) is 36.4 Å². The van der Waals surface area contributed by atoms with Crippen molar-refractivity contribution in [3.05, 3.63) is 64.2 Å². The van der Waals surface area contributed by atoms with E-state index in [1.165, 1.54) is 0 Å². The van der Waals surface area contributed by atoms with Crippen LogP contribution in [-0.4, -0.2) is 5.78 Å². The molecule has 0 saturated heterocycles. The van der Waals surface area contributed by atoms with Gasteiger partial charge in [0.25, 0.3) is 0 Å². The van der Waals surface area contributed by atoms with E-state index in [0.29, 0.717) is 16.4 Å². The van der Waals surface area contributed by atoms with Crippen molar-refractivity contribution < 1.29 is 40.3 Å². The standard InChI is InChI=1S/C16H15O2P.Na.H/c1-10-8-11(2)15(12(3)9-10)16(17)13-6-4-5-7-14(13)19-18;;/h4-9H,1-3H3;;/q;+1;-1. The molecule has 0 aliphatic heterocycles. The number of carbonyl (C=O) groups excluding carboxylic acids is 1. The molecule has 0 heterocycles. The predicted molar refractivity (Wildman–Crippen MR) is 78.9 cm³/mol. The molecule has 20 heavy (non-hydrogen) atoms. The second-order valence-corrected chi connectivity index (χ2v) is 5.38. The third kappa shape index (κ3) is 3.45. The van der Waals surface area contributed by atoms with E-state index in [-0.39, 0.29) is 45.2 Å². The van der Waals surface area contributed by atoms with Gasteiger partial charge in [-0.1, -0.05) is 29.8 Å². The van der Waals surface area contributed by atoms with Gasteiger partial charge in [0.1, 0.15) is 0 Å². The van der Waals surface area contributed by atoms with Gasteiger partial charge in [0.2, 0.25) is 0 Å². The average Bonchev–Trinajstić information content (AvgIpc) is 2.37. The maximum atomic E-state index is 12.6. The van der Waals surface area contributed by atoms with Crippen LogP contribution in [0.25, 0.3) is 0 Å². The van der Waals surface area contributed by atoms with E-state index < -0.39 is 0 Å². The fourth-order valence-electron chi connectivity index (χ4n) is 2.42. The van der Waals surface area contributed by atoms with E-state index in [4.69, 9.17) is 0 Å². The van der Waals surface area contributed by atoms with Crippen LogP contribution in [0.5, 0.6) is 0 Å². The van der Waals surface area contributed by atoms with Crippen LogP contribution in [0.1, 0.15) is 34.0 Å². The summed E-state index contributed by atoms with van der Waals surface area (Å²) in [5.41, 5.74) is 4.28. The maximum Gasteiger partial charge on any atom is 1.00 e. The Hall–Kier alpha value is -0.790. The summed E-state index contributed by atoms with van der Waals surface area (Å²) >= 11 is 0. The van der Waals surface area contributed by atoms with Gasteiger partial charge in [-0.2, -0.15) is 0 Å². The van der Waals surface area contributed by atoms with Gasteiger partial charge in [-0.25, -0.2) is 0 Å². The first-order valence-corrected chi connectivity index (χ1v) is 6.90. The molecule has 2 nitrogen and oxygen atoms in total. The minimum Gasteiger partial charge on any atom is -1.00 e. The van der Waals surface area contributed by atoms with E-state index in [1.807, 2.05) is 32.9 Å². The van der Waals surface area contributed by atoms with Gasteiger partial charge in [-0.3, -0.25) is 9.36 Å². The summed E-state index contributed by atoms with van der Waals surface area (Å²) in [5, 5.41) is 0.534. The van der Waals surface area contributed by atoms with Crippen LogP contribution in [0.2, 0.25) is 0 Å². The molecule has 0 amide bonds. The third-order valence-corrected chi connectivity index (χ3v) is 3.74. The molecule has 0 saturated carbocycles. The van der Waals surface area contributed by atoms with Crippen molar-refractivity contribution in [1.29, 1.82) is 0 Å². The molecule has 0 unspecified atom stereocenters. The van der Waals surface area contributed by atoms with Crippen molar-refractivity contribution in [2.24, 2.45) is 0 Å². The first-order valence-electron chi connectivity index (χ1n) is 6.09. The van der Waals surface area contributed by atoms with Crippen molar-refractivity contribution in [2.45, 2.75) is 20.8 Å². The van der Waals surface area contributed by atoms with Gasteiger partial charge in [0.15, 0.2) is 14.2 Å². The molecular weight excluding hydrogens is 278 g/mol. The summed E-state index contributed by atoms with van der Waals surface area (Å²) in [4.78, 5) is 12.6. The van der Waals surface area contributed by atoms with Crippen molar-refractivity contribution in [3.63, 3.8) is 0 Å². The molecule has 0 aliphatic carbocycles. The third-order valence-electron chi connectivity index (χ3n) is 3.15. The molecule has 4 heteroatoms. The Morgan fingerprint density at radius 3 is 2.15 bits per heavy atom. The van der Waals surface area contributed by atoms with Crippen molar-refractivity contribution in [3.8, 4) is 0 Å². The van der Waals surface area contributed by atoms with Crippen molar-refractivity contribution in [1.82, 2.24) is 0 Å². The number of benzene rings is 2. The second-order valence-electron chi connectivity index (χ2n) is 4.71. The molecule has 0 bridgehead atoms. The van der Waals surface area contributed by atoms with E-state index >= 15 is 0 Å². The topological polar surface area (TPSA) is 34.1 Å². The van der Waals surface area contributed by atoms with E-state index in [1.54, 1.807) is 24.3 Å². The molecule has 0 fully saturated rings.